The number of nitrogens with one attached hydrogen (secondary N) is 3. The Kier molecular flexibility index (Phi) is 48.6. The van der Waals surface area contributed by atoms with E-state index in [2.05, 4.69) is 29.8 Å². The maximum absolute atomic E-state index is 13.6. The lowest BCUT2D eigenvalue weighted by molar-refractivity contribution is -0.388. The second-order valence-corrected chi connectivity index (χ2v) is 30.7. The third-order valence-electron chi connectivity index (χ3n) is 21.5. The number of hydrogen-bond acceptors (Lipinski definition) is 27. The summed E-state index contributed by atoms with van der Waals surface area (Å²) in [6.45, 7) is 1.15. The van der Waals surface area contributed by atoms with Crippen molar-refractivity contribution in [2.45, 2.75) is 418 Å². The molecule has 32 heteroatoms. The molecule has 4 aliphatic heterocycles. The van der Waals surface area contributed by atoms with Crippen molar-refractivity contribution in [3.8, 4) is 0 Å². The first-order chi connectivity index (χ1) is 52.7. The summed E-state index contributed by atoms with van der Waals surface area (Å²) in [7, 11) is 0. The monoisotopic (exact) mass is 1580 g/mol. The molecule has 0 aromatic carbocycles. The van der Waals surface area contributed by atoms with Crippen LogP contribution >= 0.6 is 0 Å². The lowest BCUT2D eigenvalue weighted by Crippen LogP contribution is -2.72. The Hall–Kier alpha value is -3.79. The van der Waals surface area contributed by atoms with E-state index in [4.69, 9.17) is 37.9 Å². The number of aliphatic carboxylic acids is 2. The minimum atomic E-state index is -3.39. The van der Waals surface area contributed by atoms with Crippen LogP contribution in [0.25, 0.3) is 0 Å². The Bertz CT molecular complexity index is 2550. The number of rotatable bonds is 60. The first-order valence-electron chi connectivity index (χ1n) is 41.2. The summed E-state index contributed by atoms with van der Waals surface area (Å²) in [6, 6.07) is -4.73. The molecule has 0 spiro atoms. The largest absolute Gasteiger partial charge is 0.477 e. The number of carboxylic acids is 2. The third kappa shape index (κ3) is 33.1. The molecular weight excluding hydrogens is 1440 g/mol. The summed E-state index contributed by atoms with van der Waals surface area (Å²) in [5.74, 6) is -13.1. The van der Waals surface area contributed by atoms with E-state index in [1.54, 1.807) is 6.08 Å². The molecule has 3 amide bonds. The Labute approximate surface area is 649 Å². The van der Waals surface area contributed by atoms with Gasteiger partial charge >= 0.3 is 11.9 Å². The molecule has 642 valence electrons. The van der Waals surface area contributed by atoms with Crippen LogP contribution in [-0.2, 0) is 61.9 Å². The molecule has 32 nitrogen and oxygen atoms in total. The second-order valence-electron chi connectivity index (χ2n) is 30.7. The fourth-order valence-corrected chi connectivity index (χ4v) is 14.9. The highest BCUT2D eigenvalue weighted by molar-refractivity contribution is 5.78. The molecule has 4 heterocycles. The van der Waals surface area contributed by atoms with Gasteiger partial charge in [0, 0.05) is 33.1 Å². The van der Waals surface area contributed by atoms with Crippen molar-refractivity contribution in [3.05, 3.63) is 12.2 Å². The molecule has 0 bridgehead atoms. The van der Waals surface area contributed by atoms with Gasteiger partial charge in [0.25, 0.3) is 11.6 Å². The zero-order valence-corrected chi connectivity index (χ0v) is 65.7. The van der Waals surface area contributed by atoms with E-state index in [1.165, 1.54) is 161 Å². The lowest BCUT2D eigenvalue weighted by atomic mass is 9.87. The maximum atomic E-state index is 13.6. The van der Waals surface area contributed by atoms with E-state index >= 15 is 0 Å². The lowest BCUT2D eigenvalue weighted by Gasteiger charge is -2.51. The van der Waals surface area contributed by atoms with Gasteiger partial charge in [0.1, 0.15) is 85.5 Å². The zero-order chi connectivity index (χ0) is 81.2. The molecule has 4 fully saturated rings. The highest BCUT2D eigenvalue weighted by atomic mass is 16.8. The van der Waals surface area contributed by atoms with Crippen molar-refractivity contribution in [1.29, 1.82) is 0 Å². The van der Waals surface area contributed by atoms with E-state index in [-0.39, 0.29) is 12.3 Å². The highest BCUT2D eigenvalue weighted by Crippen LogP contribution is 2.41. The van der Waals surface area contributed by atoms with Gasteiger partial charge in [-0.1, -0.05) is 231 Å². The molecule has 19 N–H and O–H groups in total. The van der Waals surface area contributed by atoms with Crippen LogP contribution in [0, 0.1) is 0 Å². The van der Waals surface area contributed by atoms with E-state index in [0.717, 1.165) is 65.2 Å². The number of allylic oxidation sites excluding steroid dienone is 1. The number of unbranched alkanes of at least 4 members (excludes halogenated alkanes) is 33. The Morgan fingerprint density at radius 1 is 0.491 bits per heavy atom. The SMILES string of the molecule is CCCCCCCCCCCCC/C=C/[C@@H](O)[C@H](CO[C@@H]1OC(CO)[C@@H](O[C@@H]2OC(CO)[C@H](O)[C@H](O[C@]3(C(=O)O)CC(O)[C@@H](NC(C)=O)C([C@H](O)[C@@H](CO)O[C@]4(C(=O)O)CC(O)[C@@H](NC(C)=O)C([C@H](O)[C@H](O)CO)O4)O3)C2O)[C@H](O)C1O)NC(=O)CCCCCCCCCCCCCCCCCCCCCCCCC. The fraction of sp³-hybridized carbons (Fsp3) is 0.910. The molecule has 0 aromatic heterocycles. The first-order valence-corrected chi connectivity index (χ1v) is 41.2. The summed E-state index contributed by atoms with van der Waals surface area (Å²) in [5, 5.41) is 185. The predicted octanol–water partition coefficient (Wildman–Crippen LogP) is 3.46. The van der Waals surface area contributed by atoms with Crippen LogP contribution in [0.2, 0.25) is 0 Å². The number of ether oxygens (including phenoxy) is 8. The molecule has 0 radical (unpaired) electrons. The first kappa shape index (κ1) is 98.6. The molecule has 0 aromatic rings. The smallest absolute Gasteiger partial charge is 0.364 e. The fourth-order valence-electron chi connectivity index (χ4n) is 14.9. The van der Waals surface area contributed by atoms with E-state index in [9.17, 15) is 106 Å². The van der Waals surface area contributed by atoms with Crippen molar-refractivity contribution >= 4 is 29.7 Å². The van der Waals surface area contributed by atoms with Gasteiger partial charge in [-0.05, 0) is 19.3 Å². The van der Waals surface area contributed by atoms with Crippen molar-refractivity contribution < 1.29 is 144 Å². The van der Waals surface area contributed by atoms with Crippen LogP contribution in [0.1, 0.15) is 272 Å². The number of hydrogen-bond donors (Lipinski definition) is 19. The van der Waals surface area contributed by atoms with Crippen LogP contribution in [0.5, 0.6) is 0 Å². The normalized spacial score (nSPS) is 30.3. The van der Waals surface area contributed by atoms with Crippen LogP contribution in [0.4, 0.5) is 0 Å². The molecule has 8 unspecified atom stereocenters. The Morgan fingerprint density at radius 3 is 1.34 bits per heavy atom. The molecule has 4 aliphatic rings. The van der Waals surface area contributed by atoms with E-state index in [1.807, 2.05) is 6.08 Å². The van der Waals surface area contributed by atoms with Crippen molar-refractivity contribution in [2.24, 2.45) is 0 Å². The minimum Gasteiger partial charge on any atom is -0.477 e. The molecule has 110 heavy (non-hydrogen) atoms. The third-order valence-corrected chi connectivity index (χ3v) is 21.5. The Balaban J connectivity index is 1.42. The number of aliphatic hydroxyl groups excluding tert-OH is 14. The topological polar surface area (TPSA) is 519 Å². The number of carbonyl (C=O) groups excluding carboxylic acids is 3. The van der Waals surface area contributed by atoms with Gasteiger partial charge in [-0.15, -0.1) is 0 Å². The molecule has 4 saturated heterocycles. The maximum Gasteiger partial charge on any atom is 0.364 e. The molecule has 0 aliphatic carbocycles. The van der Waals surface area contributed by atoms with Gasteiger partial charge in [0.15, 0.2) is 12.6 Å². The van der Waals surface area contributed by atoms with Crippen molar-refractivity contribution in [3.63, 3.8) is 0 Å². The van der Waals surface area contributed by atoms with E-state index < -0.39 is 216 Å². The Morgan fingerprint density at radius 2 is 0.909 bits per heavy atom. The summed E-state index contributed by atoms with van der Waals surface area (Å²) >= 11 is 0. The summed E-state index contributed by atoms with van der Waals surface area (Å²) < 4.78 is 46.6. The van der Waals surface area contributed by atoms with E-state index in [0.29, 0.717) is 12.8 Å². The number of aliphatic hydroxyl groups is 14. The number of amides is 3. The minimum absolute atomic E-state index is 0.156. The van der Waals surface area contributed by atoms with Gasteiger partial charge in [0.05, 0.1) is 69.5 Å². The van der Waals surface area contributed by atoms with Crippen LogP contribution in [0.15, 0.2) is 12.2 Å². The number of carboxylic acid groups (broad SMARTS) is 2. The van der Waals surface area contributed by atoms with Crippen molar-refractivity contribution in [2.75, 3.05) is 33.0 Å². The quantitative estimate of drug-likeness (QED) is 0.0306. The molecular formula is C78H141N3O29. The molecule has 4 rings (SSSR count). The van der Waals surface area contributed by atoms with Crippen LogP contribution in [-0.4, -0.2) is 290 Å². The van der Waals surface area contributed by atoms with Gasteiger partial charge in [-0.3, -0.25) is 14.4 Å². The van der Waals surface area contributed by atoms with Gasteiger partial charge in [0.2, 0.25) is 17.7 Å². The van der Waals surface area contributed by atoms with Crippen molar-refractivity contribution in [1.82, 2.24) is 16.0 Å². The second kappa shape index (κ2) is 54.2. The highest BCUT2D eigenvalue weighted by Gasteiger charge is 2.62. The average Bonchev–Trinajstić information content (AvgIpc) is 0.747. The predicted molar refractivity (Wildman–Crippen MR) is 400 cm³/mol. The van der Waals surface area contributed by atoms with Gasteiger partial charge in [-0.2, -0.15) is 0 Å². The average molecular weight is 1580 g/mol. The summed E-state index contributed by atoms with van der Waals surface area (Å²) in [5.41, 5.74) is 0. The standard InChI is InChI=1S/C78H141N3O29/c1-5-7-9-11-13-15-17-19-20-21-22-23-24-25-26-27-28-30-32-34-36-38-40-42-60(92)81-52(53(88)41-39-37-35-33-31-29-18-16-14-12-10-8-6-2)49-103-73-67(97)66(96)69(59(48-85)105-73)106-74-68(98)72(64(94)57(46-83)104-74)110-78(76(101)102)44-55(90)62(80-51(4)87)71(109-78)65(95)58(47-84)107-77(75(99)100)43-54(89)61(79-50(3)86)70(108-77)63(93)56(91)45-82/h39,41,52-59,61-74,82-85,88-91,93-98H,5-38,40,42-49H2,1-4H3,(H,79,86)(H,80,87)(H,81,92)(H,99,100)(H,101,102)/b41-39+/t52-,53+,54?,55?,56+,57?,58+,59?,61+,62+,63+,64-,65+,66+,67?,68?,69+,70?,71?,72-,73+,74-,77+,78-/m0/s1. The summed E-state index contributed by atoms with van der Waals surface area (Å²) in [6.07, 6.45) is 2.81. The molecule has 0 saturated carbocycles. The molecule has 24 atom stereocenters. The van der Waals surface area contributed by atoms with Crippen LogP contribution < -0.4 is 16.0 Å². The zero-order valence-electron chi connectivity index (χ0n) is 65.7. The van der Waals surface area contributed by atoms with Gasteiger partial charge in [-0.25, -0.2) is 9.59 Å². The number of carbonyl (C=O) groups is 5. The summed E-state index contributed by atoms with van der Waals surface area (Å²) in [4.78, 5) is 65.1. The van der Waals surface area contributed by atoms with Gasteiger partial charge < -0.3 is 136 Å². The van der Waals surface area contributed by atoms with Crippen LogP contribution in [0.3, 0.4) is 0 Å².